The van der Waals surface area contributed by atoms with Gasteiger partial charge < -0.3 is 31.0 Å². The van der Waals surface area contributed by atoms with Crippen molar-refractivity contribution in [1.29, 1.82) is 0 Å². The summed E-state index contributed by atoms with van der Waals surface area (Å²) in [7, 11) is 0. The molecule has 0 aliphatic carbocycles. The molecule has 1 aliphatic rings. The van der Waals surface area contributed by atoms with Crippen LogP contribution in [-0.4, -0.2) is 28.5 Å². The van der Waals surface area contributed by atoms with E-state index in [0.717, 1.165) is 6.07 Å². The maximum atomic E-state index is 14.7. The number of nitrogens with zero attached hydrogens (tertiary/aromatic N) is 2. The Morgan fingerprint density at radius 1 is 1.12 bits per heavy atom. The van der Waals surface area contributed by atoms with Crippen LogP contribution in [0.1, 0.15) is 12.5 Å². The second-order valence-corrected chi connectivity index (χ2v) is 7.09. The minimum absolute atomic E-state index is 0.0463. The molecule has 0 spiro atoms. The average Bonchev–Trinajstić information content (AvgIpc) is 2.81. The zero-order chi connectivity index (χ0) is 23.4. The van der Waals surface area contributed by atoms with E-state index in [-0.39, 0.29) is 24.0 Å². The maximum Gasteiger partial charge on any atom is 0.323 e. The lowest BCUT2D eigenvalue weighted by Crippen LogP contribution is -2.38. The topological polar surface area (TPSA) is 131 Å². The lowest BCUT2D eigenvalue weighted by molar-refractivity contribution is 0.209. The average molecular weight is 451 g/mol. The Morgan fingerprint density at radius 3 is 2.52 bits per heavy atom. The Bertz CT molecular complexity index is 1190. The highest BCUT2D eigenvalue weighted by molar-refractivity contribution is 5.99. The summed E-state index contributed by atoms with van der Waals surface area (Å²) in [5, 5.41) is 18.4. The smallest absolute Gasteiger partial charge is 0.323 e. The molecule has 11 heteroatoms. The molecule has 2 aromatic carbocycles. The summed E-state index contributed by atoms with van der Waals surface area (Å²) in [4.78, 5) is 29.9. The van der Waals surface area contributed by atoms with Gasteiger partial charge in [-0.3, -0.25) is 5.32 Å². The van der Waals surface area contributed by atoms with Crippen LogP contribution in [0, 0.1) is 11.0 Å². The Morgan fingerprint density at radius 2 is 1.82 bits per heavy atom. The van der Waals surface area contributed by atoms with E-state index in [1.165, 1.54) is 30.5 Å². The summed E-state index contributed by atoms with van der Waals surface area (Å²) in [6, 6.07) is 10.9. The van der Waals surface area contributed by atoms with Crippen LogP contribution in [0.3, 0.4) is 0 Å². The van der Waals surface area contributed by atoms with Crippen LogP contribution >= 0.6 is 0 Å². The maximum absolute atomic E-state index is 14.7. The predicted molar refractivity (Wildman–Crippen MR) is 122 cm³/mol. The van der Waals surface area contributed by atoms with Gasteiger partial charge in [0.2, 0.25) is 0 Å². The number of anilines is 4. The molecule has 1 aromatic heterocycles. The standard InChI is InChI=1S/C22H20FN6O4/c1-2-29-12-16-18(9-10-24-20(16)27-22(29)31)33-19-8-7-15(11-17(19)23)26-21(30)25-13-3-5-14(28-32)6-4-13/h3-11,28H,2,12H2,1H3,(H,24,27,31)(H2,25,26,30)/q-1. The highest BCUT2D eigenvalue weighted by Crippen LogP contribution is 2.34. The quantitative estimate of drug-likeness (QED) is 0.393. The third-order valence-corrected chi connectivity index (χ3v) is 4.93. The molecule has 170 valence electrons. The molecule has 33 heavy (non-hydrogen) atoms. The summed E-state index contributed by atoms with van der Waals surface area (Å²) in [5.74, 6) is 0.00915. The molecule has 1 aliphatic heterocycles. The summed E-state index contributed by atoms with van der Waals surface area (Å²) in [6.07, 6.45) is 1.47. The fourth-order valence-electron chi connectivity index (χ4n) is 3.22. The molecule has 0 fully saturated rings. The van der Waals surface area contributed by atoms with Crippen LogP contribution in [0.25, 0.3) is 0 Å². The minimum atomic E-state index is -0.684. The fourth-order valence-corrected chi connectivity index (χ4v) is 3.22. The Balaban J connectivity index is 1.45. The van der Waals surface area contributed by atoms with Crippen LogP contribution in [0.2, 0.25) is 0 Å². The molecule has 0 saturated heterocycles. The van der Waals surface area contributed by atoms with Crippen molar-refractivity contribution in [2.45, 2.75) is 13.5 Å². The van der Waals surface area contributed by atoms with Crippen LogP contribution < -0.4 is 26.2 Å². The van der Waals surface area contributed by atoms with E-state index in [9.17, 15) is 19.2 Å². The van der Waals surface area contributed by atoms with Gasteiger partial charge in [0.15, 0.2) is 11.6 Å². The number of amides is 4. The zero-order valence-corrected chi connectivity index (χ0v) is 17.5. The molecule has 0 radical (unpaired) electrons. The van der Waals surface area contributed by atoms with Crippen LogP contribution in [0.4, 0.5) is 36.9 Å². The zero-order valence-electron chi connectivity index (χ0n) is 17.5. The third-order valence-electron chi connectivity index (χ3n) is 4.93. The van der Waals surface area contributed by atoms with Gasteiger partial charge in [-0.25, -0.2) is 19.0 Å². The van der Waals surface area contributed by atoms with E-state index in [4.69, 9.17) is 4.74 Å². The van der Waals surface area contributed by atoms with Crippen molar-refractivity contribution in [2.75, 3.05) is 28.0 Å². The van der Waals surface area contributed by atoms with E-state index in [2.05, 4.69) is 20.9 Å². The van der Waals surface area contributed by atoms with Crippen molar-refractivity contribution in [3.05, 3.63) is 71.3 Å². The first kappa shape index (κ1) is 21.8. The molecular weight excluding hydrogens is 431 g/mol. The van der Waals surface area contributed by atoms with Gasteiger partial charge >= 0.3 is 12.1 Å². The molecule has 4 amide bonds. The van der Waals surface area contributed by atoms with Gasteiger partial charge in [-0.2, -0.15) is 0 Å². The van der Waals surface area contributed by atoms with Gasteiger partial charge in [-0.1, -0.05) is 0 Å². The van der Waals surface area contributed by atoms with Gasteiger partial charge in [-0.15, -0.1) is 0 Å². The molecule has 0 bridgehead atoms. The lowest BCUT2D eigenvalue weighted by Gasteiger charge is -2.28. The van der Waals surface area contributed by atoms with Crippen LogP contribution in [-0.2, 0) is 6.54 Å². The normalized spacial score (nSPS) is 12.5. The van der Waals surface area contributed by atoms with E-state index in [1.54, 1.807) is 28.6 Å². The van der Waals surface area contributed by atoms with E-state index < -0.39 is 11.8 Å². The molecule has 0 atom stereocenters. The van der Waals surface area contributed by atoms with Crippen LogP contribution in [0.15, 0.2) is 54.7 Å². The largest absolute Gasteiger partial charge is 0.761 e. The SMILES string of the molecule is CCN1Cc2c(Oc3ccc(NC(=O)Nc4ccc(N[O-])cc4)cc3F)ccnc2NC1=O. The van der Waals surface area contributed by atoms with E-state index in [1.807, 2.05) is 6.92 Å². The first-order chi connectivity index (χ1) is 16.0. The molecule has 10 nitrogen and oxygen atoms in total. The molecule has 2 heterocycles. The molecule has 3 aromatic rings. The third kappa shape index (κ3) is 4.93. The number of ether oxygens (including phenoxy) is 1. The highest BCUT2D eigenvalue weighted by atomic mass is 19.1. The minimum Gasteiger partial charge on any atom is -0.761 e. The van der Waals surface area contributed by atoms with Crippen molar-refractivity contribution < 1.29 is 18.7 Å². The Hall–Kier alpha value is -4.38. The number of benzene rings is 2. The number of carbonyl (C=O) groups is 2. The van der Waals surface area contributed by atoms with Crippen molar-refractivity contribution in [2.24, 2.45) is 0 Å². The number of pyridine rings is 1. The summed E-state index contributed by atoms with van der Waals surface area (Å²) in [5.41, 5.74) is 3.42. The van der Waals surface area contributed by atoms with Gasteiger partial charge in [-0.05, 0) is 49.4 Å². The number of rotatable bonds is 6. The number of hydrogen-bond donors (Lipinski definition) is 4. The van der Waals surface area contributed by atoms with Gasteiger partial charge in [0.25, 0.3) is 0 Å². The van der Waals surface area contributed by atoms with Gasteiger partial charge in [0, 0.05) is 35.9 Å². The monoisotopic (exact) mass is 451 g/mol. The number of carbonyl (C=O) groups excluding carboxylic acids is 2. The summed E-state index contributed by atoms with van der Waals surface area (Å²) >= 11 is 0. The van der Waals surface area contributed by atoms with Crippen molar-refractivity contribution in [3.63, 3.8) is 0 Å². The van der Waals surface area contributed by atoms with Gasteiger partial charge in [0.05, 0.1) is 12.1 Å². The number of aromatic nitrogens is 1. The van der Waals surface area contributed by atoms with Crippen molar-refractivity contribution >= 4 is 34.9 Å². The first-order valence-corrected chi connectivity index (χ1v) is 10.0. The molecule has 0 unspecified atom stereocenters. The first-order valence-electron chi connectivity index (χ1n) is 10.0. The molecule has 4 N–H and O–H groups in total. The molecule has 4 rings (SSSR count). The van der Waals surface area contributed by atoms with Gasteiger partial charge in [0.1, 0.15) is 11.6 Å². The second kappa shape index (κ2) is 9.40. The number of hydrogen-bond acceptors (Lipinski definition) is 6. The number of halogens is 1. The van der Waals surface area contributed by atoms with Crippen molar-refractivity contribution in [3.8, 4) is 11.5 Å². The highest BCUT2D eigenvalue weighted by Gasteiger charge is 2.25. The lowest BCUT2D eigenvalue weighted by atomic mass is 10.2. The van der Waals surface area contributed by atoms with E-state index >= 15 is 0 Å². The second-order valence-electron chi connectivity index (χ2n) is 7.09. The Kier molecular flexibility index (Phi) is 6.22. The van der Waals surface area contributed by atoms with Crippen molar-refractivity contribution in [1.82, 2.24) is 9.88 Å². The summed E-state index contributed by atoms with van der Waals surface area (Å²) < 4.78 is 20.5. The number of urea groups is 2. The van der Waals surface area contributed by atoms with E-state index in [0.29, 0.717) is 35.1 Å². The molecular formula is C22H20FN6O4-. The Labute approximate surface area is 188 Å². The fraction of sp³-hybridized carbons (Fsp3) is 0.136. The number of fused-ring (bicyclic) bond motifs is 1. The predicted octanol–water partition coefficient (Wildman–Crippen LogP) is 4.93. The molecule has 0 saturated carbocycles. The number of nitrogens with one attached hydrogen (secondary N) is 4. The summed E-state index contributed by atoms with van der Waals surface area (Å²) in [6.45, 7) is 2.63. The van der Waals surface area contributed by atoms with Crippen LogP contribution in [0.5, 0.6) is 11.5 Å².